The van der Waals surface area contributed by atoms with Gasteiger partial charge in [0.15, 0.2) is 0 Å². The minimum atomic E-state index is -0.296. The van der Waals surface area contributed by atoms with Crippen LogP contribution in [0.4, 0.5) is 5.69 Å². The number of hydrogen-bond donors (Lipinski definition) is 2. The number of ether oxygens (including phenoxy) is 1. The fraction of sp³-hybridized carbons (Fsp3) is 0.0833. The van der Waals surface area contributed by atoms with Crippen LogP contribution in [0.25, 0.3) is 0 Å². The average Bonchev–Trinajstić information content (AvgIpc) is 2.38. The zero-order chi connectivity index (χ0) is 13.0. The van der Waals surface area contributed by atoms with Gasteiger partial charge in [-0.05, 0) is 12.1 Å². The van der Waals surface area contributed by atoms with Crippen molar-refractivity contribution in [3.8, 4) is 11.6 Å². The summed E-state index contributed by atoms with van der Waals surface area (Å²) in [7, 11) is 1.53. The molecule has 92 valence electrons. The second-order valence-corrected chi connectivity index (χ2v) is 3.50. The highest BCUT2D eigenvalue weighted by Gasteiger charge is 2.07. The maximum Gasteiger partial charge on any atom is 0.269 e. The molecule has 0 aliphatic rings. The van der Waals surface area contributed by atoms with Gasteiger partial charge in [0, 0.05) is 24.9 Å². The molecule has 1 heterocycles. The molecule has 0 aliphatic heterocycles. The van der Waals surface area contributed by atoms with E-state index in [4.69, 9.17) is 10.5 Å². The quantitative estimate of drug-likeness (QED) is 0.792. The number of carbonyl (C=O) groups excluding carboxylic acids is 1. The maximum atomic E-state index is 11.4. The molecule has 3 N–H and O–H groups in total. The number of nitrogens with one attached hydrogen (secondary N) is 1. The Labute approximate surface area is 104 Å². The van der Waals surface area contributed by atoms with E-state index in [1.165, 1.54) is 19.4 Å². The number of aromatic nitrogens is 2. The number of nitrogens with two attached hydrogens (primary N) is 1. The molecule has 1 aromatic heterocycles. The van der Waals surface area contributed by atoms with Gasteiger partial charge < -0.3 is 15.8 Å². The molecule has 2 rings (SSSR count). The minimum Gasteiger partial charge on any atom is -0.439 e. The van der Waals surface area contributed by atoms with E-state index in [1.807, 2.05) is 0 Å². The SMILES string of the molecule is CNC(=O)c1cc(Oc2cccc(N)c2)ncn1. The van der Waals surface area contributed by atoms with Gasteiger partial charge in [-0.1, -0.05) is 6.07 Å². The van der Waals surface area contributed by atoms with Crippen molar-refractivity contribution in [2.45, 2.75) is 0 Å². The van der Waals surface area contributed by atoms with Crippen LogP contribution < -0.4 is 15.8 Å². The van der Waals surface area contributed by atoms with E-state index in [9.17, 15) is 4.79 Å². The summed E-state index contributed by atoms with van der Waals surface area (Å²) < 4.78 is 5.48. The number of anilines is 1. The van der Waals surface area contributed by atoms with Crippen molar-refractivity contribution >= 4 is 11.6 Å². The molecule has 6 heteroatoms. The largest absolute Gasteiger partial charge is 0.439 e. The van der Waals surface area contributed by atoms with Crippen molar-refractivity contribution < 1.29 is 9.53 Å². The lowest BCUT2D eigenvalue weighted by molar-refractivity contribution is 0.0957. The van der Waals surface area contributed by atoms with Crippen LogP contribution in [0.2, 0.25) is 0 Å². The highest BCUT2D eigenvalue weighted by molar-refractivity contribution is 5.92. The number of nitrogen functional groups attached to an aromatic ring is 1. The van der Waals surface area contributed by atoms with Crippen molar-refractivity contribution in [2.75, 3.05) is 12.8 Å². The van der Waals surface area contributed by atoms with Gasteiger partial charge in [-0.25, -0.2) is 9.97 Å². The molecule has 1 aromatic carbocycles. The summed E-state index contributed by atoms with van der Waals surface area (Å²) in [5, 5.41) is 2.48. The molecule has 0 saturated carbocycles. The van der Waals surface area contributed by atoms with Crippen LogP contribution in [0.1, 0.15) is 10.5 Å². The zero-order valence-corrected chi connectivity index (χ0v) is 9.75. The average molecular weight is 244 g/mol. The number of rotatable bonds is 3. The highest BCUT2D eigenvalue weighted by atomic mass is 16.5. The van der Waals surface area contributed by atoms with Gasteiger partial charge in [0.25, 0.3) is 5.91 Å². The van der Waals surface area contributed by atoms with Gasteiger partial charge >= 0.3 is 0 Å². The molecule has 18 heavy (non-hydrogen) atoms. The first-order valence-electron chi connectivity index (χ1n) is 5.26. The second kappa shape index (κ2) is 5.13. The molecule has 0 spiro atoms. The van der Waals surface area contributed by atoms with E-state index in [2.05, 4.69) is 15.3 Å². The van der Waals surface area contributed by atoms with Crippen molar-refractivity contribution in [1.29, 1.82) is 0 Å². The Morgan fingerprint density at radius 3 is 2.89 bits per heavy atom. The number of nitrogens with zero attached hydrogens (tertiary/aromatic N) is 2. The smallest absolute Gasteiger partial charge is 0.269 e. The Hall–Kier alpha value is -2.63. The second-order valence-electron chi connectivity index (χ2n) is 3.50. The van der Waals surface area contributed by atoms with Crippen molar-refractivity contribution in [3.05, 3.63) is 42.4 Å². The van der Waals surface area contributed by atoms with Gasteiger partial charge in [-0.15, -0.1) is 0 Å². The van der Waals surface area contributed by atoms with Crippen LogP contribution >= 0.6 is 0 Å². The lowest BCUT2D eigenvalue weighted by Crippen LogP contribution is -2.19. The fourth-order valence-electron chi connectivity index (χ4n) is 1.35. The molecule has 0 saturated heterocycles. The lowest BCUT2D eigenvalue weighted by Gasteiger charge is -2.06. The van der Waals surface area contributed by atoms with Crippen LogP contribution in [0, 0.1) is 0 Å². The van der Waals surface area contributed by atoms with E-state index in [1.54, 1.807) is 24.3 Å². The van der Waals surface area contributed by atoms with Crippen LogP contribution in [0.15, 0.2) is 36.7 Å². The van der Waals surface area contributed by atoms with E-state index >= 15 is 0 Å². The van der Waals surface area contributed by atoms with E-state index in [-0.39, 0.29) is 17.5 Å². The van der Waals surface area contributed by atoms with Gasteiger partial charge in [0.1, 0.15) is 17.8 Å². The molecular weight excluding hydrogens is 232 g/mol. The summed E-state index contributed by atoms with van der Waals surface area (Å²) in [5.74, 6) is 0.542. The Morgan fingerprint density at radius 1 is 1.33 bits per heavy atom. The van der Waals surface area contributed by atoms with Crippen LogP contribution in [-0.4, -0.2) is 22.9 Å². The topological polar surface area (TPSA) is 90.1 Å². The van der Waals surface area contributed by atoms with Crippen LogP contribution in [-0.2, 0) is 0 Å². The van der Waals surface area contributed by atoms with Gasteiger partial charge in [0.2, 0.25) is 5.88 Å². The first kappa shape index (κ1) is 11.8. The normalized spacial score (nSPS) is 9.83. The minimum absolute atomic E-state index is 0.242. The highest BCUT2D eigenvalue weighted by Crippen LogP contribution is 2.21. The van der Waals surface area contributed by atoms with Crippen LogP contribution in [0.3, 0.4) is 0 Å². The Balaban J connectivity index is 2.22. The Bertz CT molecular complexity index is 572. The Morgan fingerprint density at radius 2 is 2.17 bits per heavy atom. The third-order valence-corrected chi connectivity index (χ3v) is 2.18. The number of hydrogen-bond acceptors (Lipinski definition) is 5. The third kappa shape index (κ3) is 2.73. The standard InChI is InChI=1S/C12H12N4O2/c1-14-12(17)10-6-11(16-7-15-10)18-9-4-2-3-8(13)5-9/h2-7H,13H2,1H3,(H,14,17). The summed E-state index contributed by atoms with van der Waals surface area (Å²) in [6.45, 7) is 0. The molecule has 0 bridgehead atoms. The van der Waals surface area contributed by atoms with E-state index < -0.39 is 0 Å². The van der Waals surface area contributed by atoms with E-state index in [0.717, 1.165) is 0 Å². The first-order chi connectivity index (χ1) is 8.69. The van der Waals surface area contributed by atoms with Crippen molar-refractivity contribution in [1.82, 2.24) is 15.3 Å². The maximum absolute atomic E-state index is 11.4. The summed E-state index contributed by atoms with van der Waals surface area (Å²) in [5.41, 5.74) is 6.47. The predicted molar refractivity (Wildman–Crippen MR) is 66.4 cm³/mol. The van der Waals surface area contributed by atoms with Gasteiger partial charge in [-0.2, -0.15) is 0 Å². The summed E-state index contributed by atoms with van der Waals surface area (Å²) >= 11 is 0. The molecular formula is C12H12N4O2. The summed E-state index contributed by atoms with van der Waals surface area (Å²) in [4.78, 5) is 19.2. The molecule has 0 fully saturated rings. The lowest BCUT2D eigenvalue weighted by atomic mass is 10.3. The summed E-state index contributed by atoms with van der Waals surface area (Å²) in [6, 6.07) is 8.40. The van der Waals surface area contributed by atoms with Crippen LogP contribution in [0.5, 0.6) is 11.6 Å². The number of amides is 1. The molecule has 0 aliphatic carbocycles. The predicted octanol–water partition coefficient (Wildman–Crippen LogP) is 1.21. The summed E-state index contributed by atoms with van der Waals surface area (Å²) in [6.07, 6.45) is 1.27. The Kier molecular flexibility index (Phi) is 3.38. The molecule has 0 radical (unpaired) electrons. The van der Waals surface area contributed by atoms with Crippen molar-refractivity contribution in [3.63, 3.8) is 0 Å². The zero-order valence-electron chi connectivity index (χ0n) is 9.75. The first-order valence-corrected chi connectivity index (χ1v) is 5.26. The van der Waals surface area contributed by atoms with Gasteiger partial charge in [-0.3, -0.25) is 4.79 Å². The van der Waals surface area contributed by atoms with Gasteiger partial charge in [0.05, 0.1) is 0 Å². The fourth-order valence-corrected chi connectivity index (χ4v) is 1.35. The molecule has 1 amide bonds. The number of carbonyl (C=O) groups is 1. The molecule has 6 nitrogen and oxygen atoms in total. The third-order valence-electron chi connectivity index (χ3n) is 2.18. The molecule has 2 aromatic rings. The van der Waals surface area contributed by atoms with E-state index in [0.29, 0.717) is 11.4 Å². The molecule has 0 atom stereocenters. The van der Waals surface area contributed by atoms with Crippen molar-refractivity contribution in [2.24, 2.45) is 0 Å². The monoisotopic (exact) mass is 244 g/mol. The molecule has 0 unspecified atom stereocenters. The number of benzene rings is 1.